The second-order valence-electron chi connectivity index (χ2n) is 9.43. The number of ether oxygens (including phenoxy) is 4. The molecule has 220 valence electrons. The highest BCUT2D eigenvalue weighted by Gasteiger charge is 2.19. The number of carbonyl (C=O) groups is 1. The van der Waals surface area contributed by atoms with Crippen LogP contribution >= 0.6 is 0 Å². The van der Waals surface area contributed by atoms with E-state index in [0.29, 0.717) is 78.8 Å². The zero-order valence-electron chi connectivity index (χ0n) is 23.9. The molecule has 0 fully saturated rings. The smallest absolute Gasteiger partial charge is 0.305 e. The summed E-state index contributed by atoms with van der Waals surface area (Å²) in [7, 11) is 4.66. The highest BCUT2D eigenvalue weighted by Crippen LogP contribution is 2.31. The van der Waals surface area contributed by atoms with Crippen molar-refractivity contribution in [1.29, 1.82) is 0 Å². The Kier molecular flexibility index (Phi) is 8.65. The van der Waals surface area contributed by atoms with E-state index in [-0.39, 0.29) is 11.7 Å². The number of halogens is 1. The normalized spacial score (nSPS) is 11.2. The average Bonchev–Trinajstić information content (AvgIpc) is 3.63. The lowest BCUT2D eigenvalue weighted by atomic mass is 10.2. The van der Waals surface area contributed by atoms with E-state index in [0.717, 1.165) is 11.1 Å². The van der Waals surface area contributed by atoms with Gasteiger partial charge in [0.1, 0.15) is 28.6 Å². The van der Waals surface area contributed by atoms with Crippen molar-refractivity contribution in [3.8, 4) is 17.2 Å². The van der Waals surface area contributed by atoms with Crippen molar-refractivity contribution >= 4 is 28.5 Å². The first-order valence-electron chi connectivity index (χ1n) is 13.5. The van der Waals surface area contributed by atoms with Crippen LogP contribution in [0.15, 0.2) is 42.7 Å². The monoisotopic (exact) mass is 577 g/mol. The number of rotatable bonds is 13. The number of fused-ring (bicyclic) bond motifs is 3. The van der Waals surface area contributed by atoms with E-state index in [2.05, 4.69) is 10.4 Å². The van der Waals surface area contributed by atoms with Gasteiger partial charge in [-0.05, 0) is 37.1 Å². The van der Waals surface area contributed by atoms with Crippen molar-refractivity contribution in [3.63, 3.8) is 0 Å². The van der Waals surface area contributed by atoms with Crippen LogP contribution in [-0.4, -0.2) is 63.3 Å². The number of hydrogen-bond acceptors (Lipinski definition) is 10. The minimum absolute atomic E-state index is 0.220. The van der Waals surface area contributed by atoms with E-state index in [9.17, 15) is 9.18 Å². The molecule has 0 radical (unpaired) electrons. The SMILES string of the molecule is CCOC(=O)CCCn1cc(Cc2nc3c4cc(F)cc(OC)c4nc(NCc4ccc(OC)cc4OC)n3n2)cn1. The zero-order valence-corrected chi connectivity index (χ0v) is 23.9. The molecule has 0 unspecified atom stereocenters. The molecule has 5 rings (SSSR count). The molecule has 0 bridgehead atoms. The molecular weight excluding hydrogens is 545 g/mol. The van der Waals surface area contributed by atoms with Gasteiger partial charge in [-0.15, -0.1) is 5.10 Å². The van der Waals surface area contributed by atoms with E-state index in [1.165, 1.54) is 19.2 Å². The van der Waals surface area contributed by atoms with Gasteiger partial charge in [-0.1, -0.05) is 0 Å². The van der Waals surface area contributed by atoms with Crippen molar-refractivity contribution < 1.29 is 28.1 Å². The van der Waals surface area contributed by atoms with Gasteiger partial charge in [-0.3, -0.25) is 9.48 Å². The lowest BCUT2D eigenvalue weighted by Crippen LogP contribution is -2.09. The molecule has 0 aliphatic heterocycles. The molecule has 0 saturated carbocycles. The quantitative estimate of drug-likeness (QED) is 0.204. The van der Waals surface area contributed by atoms with Gasteiger partial charge in [0.2, 0.25) is 5.95 Å². The summed E-state index contributed by atoms with van der Waals surface area (Å²) in [5.74, 6) is 1.82. The van der Waals surface area contributed by atoms with Gasteiger partial charge in [0.15, 0.2) is 11.5 Å². The van der Waals surface area contributed by atoms with Crippen molar-refractivity contribution in [3.05, 3.63) is 65.5 Å². The summed E-state index contributed by atoms with van der Waals surface area (Å²) < 4.78 is 39.1. The lowest BCUT2D eigenvalue weighted by molar-refractivity contribution is -0.143. The third-order valence-corrected chi connectivity index (χ3v) is 6.62. The number of aryl methyl sites for hydroxylation is 1. The molecular formula is C29H32FN7O5. The first-order chi connectivity index (χ1) is 20.4. The third kappa shape index (κ3) is 6.19. The highest BCUT2D eigenvalue weighted by molar-refractivity contribution is 5.96. The number of carbonyl (C=O) groups excluding carboxylic acids is 1. The Morgan fingerprint density at radius 3 is 2.64 bits per heavy atom. The fourth-order valence-electron chi connectivity index (χ4n) is 4.63. The van der Waals surface area contributed by atoms with Crippen molar-refractivity contribution in [2.75, 3.05) is 33.3 Å². The molecule has 1 N–H and O–H groups in total. The first-order valence-corrected chi connectivity index (χ1v) is 13.5. The summed E-state index contributed by atoms with van der Waals surface area (Å²) in [6.07, 6.45) is 4.97. The molecule has 0 saturated heterocycles. The number of hydrogen-bond donors (Lipinski definition) is 1. The minimum atomic E-state index is -0.472. The van der Waals surface area contributed by atoms with Gasteiger partial charge in [0.25, 0.3) is 0 Å². The predicted molar refractivity (Wildman–Crippen MR) is 153 cm³/mol. The van der Waals surface area contributed by atoms with Crippen LogP contribution in [0.25, 0.3) is 16.6 Å². The van der Waals surface area contributed by atoms with E-state index in [1.807, 2.05) is 18.3 Å². The van der Waals surface area contributed by atoms with Crippen LogP contribution < -0.4 is 19.5 Å². The van der Waals surface area contributed by atoms with Crippen LogP contribution in [0.3, 0.4) is 0 Å². The van der Waals surface area contributed by atoms with E-state index in [1.54, 1.807) is 42.6 Å². The Labute approximate surface area is 241 Å². The standard InChI is InChI=1S/C29H32FN7O5/c1-5-42-26(38)7-6-10-36-17-18(15-32-36)11-25-33-28-22-12-20(30)13-24(41-4)27(22)34-29(37(28)35-25)31-16-19-8-9-21(39-2)14-23(19)40-3/h8-9,12-15,17H,5-7,10-11,16H2,1-4H3,(H,31,34). The van der Waals surface area contributed by atoms with Crippen LogP contribution in [0.1, 0.15) is 36.7 Å². The maximum Gasteiger partial charge on any atom is 0.305 e. The summed E-state index contributed by atoms with van der Waals surface area (Å²) in [5.41, 5.74) is 2.64. The molecule has 13 heteroatoms. The fourth-order valence-corrected chi connectivity index (χ4v) is 4.63. The molecule has 3 aromatic heterocycles. The predicted octanol–water partition coefficient (Wildman–Crippen LogP) is 4.19. The Morgan fingerprint density at radius 1 is 1.05 bits per heavy atom. The highest BCUT2D eigenvalue weighted by atomic mass is 19.1. The second-order valence-corrected chi connectivity index (χ2v) is 9.43. The van der Waals surface area contributed by atoms with Gasteiger partial charge in [-0.25, -0.2) is 14.4 Å². The van der Waals surface area contributed by atoms with E-state index < -0.39 is 5.82 Å². The number of nitrogens with zero attached hydrogens (tertiary/aromatic N) is 6. The topological polar surface area (TPSA) is 127 Å². The minimum Gasteiger partial charge on any atom is -0.497 e. The number of esters is 1. The Hall–Kier alpha value is -4.94. The molecule has 0 amide bonds. The van der Waals surface area contributed by atoms with Crippen molar-refractivity contribution in [2.24, 2.45) is 0 Å². The van der Waals surface area contributed by atoms with Crippen molar-refractivity contribution in [1.82, 2.24) is 29.4 Å². The molecule has 0 aliphatic carbocycles. The Balaban J connectivity index is 1.44. The second kappa shape index (κ2) is 12.7. The molecule has 12 nitrogen and oxygen atoms in total. The van der Waals surface area contributed by atoms with Gasteiger partial charge in [0, 0.05) is 49.8 Å². The Bertz CT molecular complexity index is 1720. The fraction of sp³-hybridized carbons (Fsp3) is 0.345. The van der Waals surface area contributed by atoms with Crippen molar-refractivity contribution in [2.45, 2.75) is 39.3 Å². The average molecular weight is 578 g/mol. The van der Waals surface area contributed by atoms with Gasteiger partial charge < -0.3 is 24.3 Å². The lowest BCUT2D eigenvalue weighted by Gasteiger charge is -2.13. The van der Waals surface area contributed by atoms with Gasteiger partial charge >= 0.3 is 5.97 Å². The molecule has 2 aromatic carbocycles. The molecule has 0 atom stereocenters. The number of benzene rings is 2. The number of anilines is 1. The van der Waals surface area contributed by atoms with Crippen LogP contribution in [-0.2, 0) is 29.0 Å². The summed E-state index contributed by atoms with van der Waals surface area (Å²) >= 11 is 0. The third-order valence-electron chi connectivity index (χ3n) is 6.62. The summed E-state index contributed by atoms with van der Waals surface area (Å²) in [5, 5.41) is 12.9. The van der Waals surface area contributed by atoms with Crippen LogP contribution in [0, 0.1) is 5.82 Å². The molecule has 0 aliphatic rings. The first kappa shape index (κ1) is 28.6. The van der Waals surface area contributed by atoms with Crippen LogP contribution in [0.2, 0.25) is 0 Å². The van der Waals surface area contributed by atoms with E-state index >= 15 is 0 Å². The van der Waals surface area contributed by atoms with E-state index in [4.69, 9.17) is 34.0 Å². The summed E-state index contributed by atoms with van der Waals surface area (Å²) in [4.78, 5) is 21.1. The molecule has 5 aromatic rings. The van der Waals surface area contributed by atoms with Crippen LogP contribution in [0.5, 0.6) is 17.2 Å². The maximum absolute atomic E-state index is 14.5. The maximum atomic E-state index is 14.5. The van der Waals surface area contributed by atoms with Gasteiger partial charge in [-0.2, -0.15) is 9.61 Å². The van der Waals surface area contributed by atoms with Gasteiger partial charge in [0.05, 0.1) is 39.5 Å². The molecule has 0 spiro atoms. The van der Waals surface area contributed by atoms with Crippen LogP contribution in [0.4, 0.5) is 10.3 Å². The zero-order chi connectivity index (χ0) is 29.6. The number of methoxy groups -OCH3 is 3. The summed E-state index contributed by atoms with van der Waals surface area (Å²) in [6.45, 7) is 3.09. The number of nitrogens with one attached hydrogen (secondary N) is 1. The Morgan fingerprint density at radius 2 is 1.88 bits per heavy atom. The molecule has 3 heterocycles. The number of aromatic nitrogens is 6. The summed E-state index contributed by atoms with van der Waals surface area (Å²) in [6, 6.07) is 8.21. The largest absolute Gasteiger partial charge is 0.497 e. The molecule has 42 heavy (non-hydrogen) atoms.